The molecule has 1 aliphatic heterocycles. The molecule has 4 heterocycles. The van der Waals surface area contributed by atoms with Gasteiger partial charge in [-0.3, -0.25) is 4.79 Å². The molecule has 3 aromatic heterocycles. The molecule has 0 radical (unpaired) electrons. The number of carbonyl (C=O) groups excluding carboxylic acids is 1. The number of fused-ring (bicyclic) bond motifs is 2. The molecule has 0 aliphatic carbocycles. The van der Waals surface area contributed by atoms with Gasteiger partial charge in [0, 0.05) is 25.2 Å². The van der Waals surface area contributed by atoms with Crippen molar-refractivity contribution in [1.82, 2.24) is 34.5 Å². The Balaban J connectivity index is 1.47. The number of alkyl halides is 3. The van der Waals surface area contributed by atoms with Gasteiger partial charge in [-0.25, -0.2) is 22.4 Å². The Bertz CT molecular complexity index is 1390. The second kappa shape index (κ2) is 9.04. The highest BCUT2D eigenvalue weighted by atomic mass is 19.3. The first-order valence-electron chi connectivity index (χ1n) is 11.1. The van der Waals surface area contributed by atoms with Crippen molar-refractivity contribution < 1.29 is 22.7 Å². The predicted octanol–water partition coefficient (Wildman–Crippen LogP) is 2.79. The molecule has 13 heteroatoms. The zero-order valence-corrected chi connectivity index (χ0v) is 19.0. The summed E-state index contributed by atoms with van der Waals surface area (Å²) in [4.78, 5) is 17.4. The molecule has 1 N–H and O–H groups in total. The molecule has 184 valence electrons. The van der Waals surface area contributed by atoms with Crippen molar-refractivity contribution in [3.8, 4) is 17.0 Å². The van der Waals surface area contributed by atoms with Gasteiger partial charge in [0.15, 0.2) is 0 Å². The van der Waals surface area contributed by atoms with E-state index in [1.165, 1.54) is 23.6 Å². The normalized spacial score (nSPS) is 18.5. The summed E-state index contributed by atoms with van der Waals surface area (Å²) >= 11 is 0. The number of aromatic nitrogens is 6. The number of likely N-dealkylation sites (tertiary alicyclic amines) is 1. The Hall–Kier alpha value is -3.90. The third kappa shape index (κ3) is 4.33. The predicted molar refractivity (Wildman–Crippen MR) is 121 cm³/mol. The summed E-state index contributed by atoms with van der Waals surface area (Å²) in [6.45, 7) is 1.32. The average molecular weight is 488 g/mol. The van der Waals surface area contributed by atoms with Gasteiger partial charge in [-0.1, -0.05) is 11.3 Å². The first-order valence-corrected chi connectivity index (χ1v) is 11.1. The lowest BCUT2D eigenvalue weighted by molar-refractivity contribution is -0.131. The third-order valence-corrected chi connectivity index (χ3v) is 6.11. The number of nitrogens with one attached hydrogen (secondary N) is 1. The van der Waals surface area contributed by atoms with Crippen LogP contribution in [0.15, 0.2) is 30.5 Å². The van der Waals surface area contributed by atoms with Crippen molar-refractivity contribution in [1.29, 1.82) is 0 Å². The standard InChI is InChI=1S/C22H23F3N8O2/c1-12(34)31-7-6-16(15(23)10-31)26-22-27-21(35-2)20-14(5-8-32(20)29-22)13-3-4-17-18(9-13)33(30-28-17)11-19(24)25/h3-5,8-9,15-16,19H,6-7,10-11H2,1-2H3,(H,26,29)/t15-,16+/m0/s1. The summed E-state index contributed by atoms with van der Waals surface area (Å²) in [5, 5.41) is 15.2. The maximum Gasteiger partial charge on any atom is 0.258 e. The molecular weight excluding hydrogens is 465 g/mol. The van der Waals surface area contributed by atoms with Crippen molar-refractivity contribution >= 4 is 28.4 Å². The van der Waals surface area contributed by atoms with Crippen molar-refractivity contribution in [2.24, 2.45) is 0 Å². The van der Waals surface area contributed by atoms with Gasteiger partial charge in [0.25, 0.3) is 6.43 Å². The number of rotatable bonds is 6. The molecule has 1 saturated heterocycles. The number of anilines is 1. The van der Waals surface area contributed by atoms with Crippen molar-refractivity contribution in [3.63, 3.8) is 0 Å². The molecule has 0 unspecified atom stereocenters. The fourth-order valence-corrected chi connectivity index (χ4v) is 4.35. The average Bonchev–Trinajstić information content (AvgIpc) is 3.43. The minimum Gasteiger partial charge on any atom is -0.479 e. The van der Waals surface area contributed by atoms with Crippen LogP contribution in [0.2, 0.25) is 0 Å². The van der Waals surface area contributed by atoms with Crippen molar-refractivity contribution in [3.05, 3.63) is 30.5 Å². The van der Waals surface area contributed by atoms with Crippen LogP contribution in [-0.4, -0.2) is 79.2 Å². The van der Waals surface area contributed by atoms with Crippen LogP contribution in [-0.2, 0) is 11.3 Å². The number of halogens is 3. The molecule has 1 aliphatic rings. The van der Waals surface area contributed by atoms with Crippen LogP contribution in [0.4, 0.5) is 19.1 Å². The summed E-state index contributed by atoms with van der Waals surface area (Å²) in [5.41, 5.74) is 2.99. The van der Waals surface area contributed by atoms with Gasteiger partial charge in [-0.2, -0.15) is 4.98 Å². The van der Waals surface area contributed by atoms with E-state index in [9.17, 15) is 18.0 Å². The molecule has 2 atom stereocenters. The minimum atomic E-state index is -2.56. The SMILES string of the molecule is COc1nc(N[C@@H]2CCN(C(C)=O)C[C@@H]2F)nn2ccc(-c3ccc4nnn(CC(F)F)c4c3)c12. The summed E-state index contributed by atoms with van der Waals surface area (Å²) in [5.74, 6) is 0.296. The van der Waals surface area contributed by atoms with E-state index >= 15 is 0 Å². The van der Waals surface area contributed by atoms with E-state index in [0.29, 0.717) is 29.5 Å². The Morgan fingerprint density at radius 2 is 2.14 bits per heavy atom. The molecule has 0 saturated carbocycles. The van der Waals surface area contributed by atoms with Crippen LogP contribution >= 0.6 is 0 Å². The van der Waals surface area contributed by atoms with Crippen LogP contribution in [0.3, 0.4) is 0 Å². The number of methoxy groups -OCH3 is 1. The van der Waals surface area contributed by atoms with Crippen LogP contribution in [0.25, 0.3) is 27.7 Å². The topological polar surface area (TPSA) is 102 Å². The smallest absolute Gasteiger partial charge is 0.258 e. The van der Waals surface area contributed by atoms with E-state index in [2.05, 4.69) is 25.7 Å². The largest absolute Gasteiger partial charge is 0.479 e. The number of piperidine rings is 1. The zero-order chi connectivity index (χ0) is 24.7. The molecular formula is C22H23F3N8O2. The zero-order valence-electron chi connectivity index (χ0n) is 19.0. The maximum absolute atomic E-state index is 14.7. The summed E-state index contributed by atoms with van der Waals surface area (Å²) in [7, 11) is 1.47. The Kier molecular flexibility index (Phi) is 5.91. The van der Waals surface area contributed by atoms with Gasteiger partial charge in [0.1, 0.15) is 23.7 Å². The first kappa shape index (κ1) is 22.9. The maximum atomic E-state index is 14.7. The van der Waals surface area contributed by atoms with E-state index < -0.39 is 25.2 Å². The quantitative estimate of drug-likeness (QED) is 0.445. The fourth-order valence-electron chi connectivity index (χ4n) is 4.35. The van der Waals surface area contributed by atoms with E-state index in [-0.39, 0.29) is 24.3 Å². The first-order chi connectivity index (χ1) is 16.8. The third-order valence-electron chi connectivity index (χ3n) is 6.11. The molecule has 0 bridgehead atoms. The number of hydrogen-bond donors (Lipinski definition) is 1. The summed E-state index contributed by atoms with van der Waals surface area (Å²) in [6, 6.07) is 6.51. The van der Waals surface area contributed by atoms with Gasteiger partial charge in [-0.05, 0) is 30.2 Å². The summed E-state index contributed by atoms with van der Waals surface area (Å²) < 4.78 is 48.8. The lowest BCUT2D eigenvalue weighted by atomic mass is 10.0. The second-order valence-corrected chi connectivity index (χ2v) is 8.35. The van der Waals surface area contributed by atoms with Gasteiger partial charge in [-0.15, -0.1) is 10.2 Å². The van der Waals surface area contributed by atoms with E-state index in [1.54, 1.807) is 28.9 Å². The molecule has 1 amide bonds. The highest BCUT2D eigenvalue weighted by Gasteiger charge is 2.31. The molecule has 4 aromatic rings. The Labute approximate surface area is 197 Å². The van der Waals surface area contributed by atoms with Crippen LogP contribution < -0.4 is 10.1 Å². The number of carbonyl (C=O) groups is 1. The van der Waals surface area contributed by atoms with E-state index in [4.69, 9.17) is 4.74 Å². The van der Waals surface area contributed by atoms with E-state index in [1.807, 2.05) is 6.07 Å². The Morgan fingerprint density at radius 3 is 2.86 bits per heavy atom. The highest BCUT2D eigenvalue weighted by Crippen LogP contribution is 2.33. The number of benzene rings is 1. The molecule has 0 spiro atoms. The van der Waals surface area contributed by atoms with Crippen LogP contribution in [0, 0.1) is 0 Å². The number of hydrogen-bond acceptors (Lipinski definition) is 7. The molecule has 10 nitrogen and oxygen atoms in total. The number of amides is 1. The molecule has 5 rings (SSSR count). The van der Waals surface area contributed by atoms with Gasteiger partial charge in [0.05, 0.1) is 25.2 Å². The van der Waals surface area contributed by atoms with Crippen LogP contribution in [0.5, 0.6) is 5.88 Å². The minimum absolute atomic E-state index is 0.0134. The lowest BCUT2D eigenvalue weighted by Crippen LogP contribution is -2.49. The van der Waals surface area contributed by atoms with Crippen LogP contribution in [0.1, 0.15) is 13.3 Å². The second-order valence-electron chi connectivity index (χ2n) is 8.35. The van der Waals surface area contributed by atoms with Crippen molar-refractivity contribution in [2.45, 2.75) is 38.5 Å². The van der Waals surface area contributed by atoms with Gasteiger partial charge >= 0.3 is 0 Å². The fraction of sp³-hybridized carbons (Fsp3) is 0.409. The van der Waals surface area contributed by atoms with Gasteiger partial charge < -0.3 is 15.0 Å². The highest BCUT2D eigenvalue weighted by molar-refractivity contribution is 5.89. The monoisotopic (exact) mass is 488 g/mol. The number of nitrogens with zero attached hydrogens (tertiary/aromatic N) is 7. The Morgan fingerprint density at radius 1 is 1.31 bits per heavy atom. The lowest BCUT2D eigenvalue weighted by Gasteiger charge is -2.34. The van der Waals surface area contributed by atoms with E-state index in [0.717, 1.165) is 11.1 Å². The molecule has 1 aromatic carbocycles. The van der Waals surface area contributed by atoms with Crippen molar-refractivity contribution in [2.75, 3.05) is 25.5 Å². The molecule has 1 fully saturated rings. The number of ether oxygens (including phenoxy) is 1. The van der Waals surface area contributed by atoms with Gasteiger partial charge in [0.2, 0.25) is 17.7 Å². The molecule has 35 heavy (non-hydrogen) atoms. The summed E-state index contributed by atoms with van der Waals surface area (Å²) in [6.07, 6.45) is -1.69.